The predicted molar refractivity (Wildman–Crippen MR) is 86.1 cm³/mol. The Morgan fingerprint density at radius 2 is 1.91 bits per heavy atom. The molecule has 7 heteroatoms. The van der Waals surface area contributed by atoms with Gasteiger partial charge in [-0.2, -0.15) is 0 Å². The van der Waals surface area contributed by atoms with E-state index in [0.29, 0.717) is 18.3 Å². The van der Waals surface area contributed by atoms with Gasteiger partial charge in [0.15, 0.2) is 9.84 Å². The van der Waals surface area contributed by atoms with Crippen LogP contribution in [0.4, 0.5) is 11.4 Å². The van der Waals surface area contributed by atoms with Crippen LogP contribution in [0.5, 0.6) is 0 Å². The number of rotatable bonds is 5. The second kappa shape index (κ2) is 6.64. The van der Waals surface area contributed by atoms with E-state index in [9.17, 15) is 18.5 Å². The van der Waals surface area contributed by atoms with Crippen LogP contribution in [-0.2, 0) is 9.84 Å². The minimum Gasteiger partial charge on any atom is -0.363 e. The molecular weight excluding hydrogens is 304 g/mol. The molecule has 0 radical (unpaired) electrons. The summed E-state index contributed by atoms with van der Waals surface area (Å²) >= 11 is 0. The number of sulfone groups is 1. The maximum absolute atomic E-state index is 11.6. The van der Waals surface area contributed by atoms with E-state index < -0.39 is 14.8 Å². The van der Waals surface area contributed by atoms with Crippen molar-refractivity contribution in [2.24, 2.45) is 0 Å². The summed E-state index contributed by atoms with van der Waals surface area (Å²) in [7, 11) is -3.46. The average molecular weight is 326 g/mol. The van der Waals surface area contributed by atoms with E-state index in [1.54, 1.807) is 6.07 Å². The normalized spacial score (nSPS) is 16.5. The SMILES string of the molecule is CCN(c1ccc(S(C)(=O)=O)cc1[N+](=O)[O-])C1CCCCC1. The molecule has 22 heavy (non-hydrogen) atoms. The molecule has 6 nitrogen and oxygen atoms in total. The van der Waals surface area contributed by atoms with Crippen molar-refractivity contribution in [2.45, 2.75) is 50.0 Å². The summed E-state index contributed by atoms with van der Waals surface area (Å²) in [4.78, 5) is 12.9. The second-order valence-electron chi connectivity index (χ2n) is 5.76. The summed E-state index contributed by atoms with van der Waals surface area (Å²) in [6.45, 7) is 2.65. The van der Waals surface area contributed by atoms with Gasteiger partial charge in [-0.05, 0) is 31.9 Å². The molecule has 1 aromatic rings. The molecule has 0 N–H and O–H groups in total. The number of anilines is 1. The van der Waals surface area contributed by atoms with E-state index >= 15 is 0 Å². The Morgan fingerprint density at radius 3 is 2.41 bits per heavy atom. The molecule has 0 unspecified atom stereocenters. The summed E-state index contributed by atoms with van der Waals surface area (Å²) in [5.74, 6) is 0. The van der Waals surface area contributed by atoms with Gasteiger partial charge >= 0.3 is 0 Å². The lowest BCUT2D eigenvalue weighted by atomic mass is 9.93. The zero-order chi connectivity index (χ0) is 16.3. The van der Waals surface area contributed by atoms with Gasteiger partial charge in [-0.3, -0.25) is 10.1 Å². The maximum Gasteiger partial charge on any atom is 0.293 e. The highest BCUT2D eigenvalue weighted by Crippen LogP contribution is 2.35. The first-order valence-corrected chi connectivity index (χ1v) is 9.49. The zero-order valence-electron chi connectivity index (χ0n) is 13.0. The Balaban J connectivity index is 2.45. The summed E-state index contributed by atoms with van der Waals surface area (Å²) in [6, 6.07) is 4.51. The minimum absolute atomic E-state index is 0.0114. The Bertz CT molecular complexity index is 652. The highest BCUT2D eigenvalue weighted by atomic mass is 32.2. The molecule has 1 saturated carbocycles. The summed E-state index contributed by atoms with van der Waals surface area (Å²) < 4.78 is 23.2. The van der Waals surface area contributed by atoms with Crippen LogP contribution in [0.1, 0.15) is 39.0 Å². The lowest BCUT2D eigenvalue weighted by molar-refractivity contribution is -0.384. The van der Waals surface area contributed by atoms with Gasteiger partial charge in [0.1, 0.15) is 5.69 Å². The molecule has 0 saturated heterocycles. The van der Waals surface area contributed by atoms with Crippen molar-refractivity contribution >= 4 is 21.2 Å². The smallest absolute Gasteiger partial charge is 0.293 e. The number of benzene rings is 1. The van der Waals surface area contributed by atoms with E-state index in [0.717, 1.165) is 31.9 Å². The molecule has 2 rings (SSSR count). The van der Waals surface area contributed by atoms with E-state index in [2.05, 4.69) is 0 Å². The Kier molecular flexibility index (Phi) is 5.05. The van der Waals surface area contributed by atoms with Crippen LogP contribution in [0.3, 0.4) is 0 Å². The van der Waals surface area contributed by atoms with Crippen molar-refractivity contribution < 1.29 is 13.3 Å². The first-order chi connectivity index (χ1) is 10.3. The molecule has 0 spiro atoms. The summed E-state index contributed by atoms with van der Waals surface area (Å²) in [5.41, 5.74) is 0.391. The largest absolute Gasteiger partial charge is 0.363 e. The van der Waals surface area contributed by atoms with Crippen LogP contribution in [-0.4, -0.2) is 32.2 Å². The molecule has 0 bridgehead atoms. The van der Waals surface area contributed by atoms with Crippen LogP contribution in [0.2, 0.25) is 0 Å². The molecule has 1 fully saturated rings. The van der Waals surface area contributed by atoms with Crippen molar-refractivity contribution in [3.05, 3.63) is 28.3 Å². The van der Waals surface area contributed by atoms with Gasteiger partial charge in [0, 0.05) is 24.9 Å². The third-order valence-corrected chi connectivity index (χ3v) is 5.35. The molecule has 122 valence electrons. The second-order valence-corrected chi connectivity index (χ2v) is 7.77. The lowest BCUT2D eigenvalue weighted by Crippen LogP contribution is -2.37. The fourth-order valence-corrected chi connectivity index (χ4v) is 3.78. The number of hydrogen-bond donors (Lipinski definition) is 0. The minimum atomic E-state index is -3.46. The number of nitro benzene ring substituents is 1. The van der Waals surface area contributed by atoms with E-state index in [1.165, 1.54) is 18.6 Å². The summed E-state index contributed by atoms with van der Waals surface area (Å²) in [6.07, 6.45) is 6.60. The fraction of sp³-hybridized carbons (Fsp3) is 0.600. The molecular formula is C15H22N2O4S. The van der Waals surface area contributed by atoms with Crippen LogP contribution in [0.15, 0.2) is 23.1 Å². The van der Waals surface area contributed by atoms with Gasteiger partial charge in [0.2, 0.25) is 0 Å². The van der Waals surface area contributed by atoms with E-state index in [1.807, 2.05) is 11.8 Å². The Hall–Kier alpha value is -1.63. The molecule has 0 aliphatic heterocycles. The first kappa shape index (κ1) is 16.7. The molecule has 0 atom stereocenters. The number of nitro groups is 1. The van der Waals surface area contributed by atoms with Gasteiger partial charge in [0.25, 0.3) is 5.69 Å². The zero-order valence-corrected chi connectivity index (χ0v) is 13.8. The molecule has 1 aromatic carbocycles. The van der Waals surface area contributed by atoms with E-state index in [-0.39, 0.29) is 10.6 Å². The van der Waals surface area contributed by atoms with Crippen molar-refractivity contribution in [3.63, 3.8) is 0 Å². The van der Waals surface area contributed by atoms with Crippen LogP contribution < -0.4 is 4.90 Å². The van der Waals surface area contributed by atoms with Gasteiger partial charge in [-0.25, -0.2) is 8.42 Å². The standard InChI is InChI=1S/C15H22N2O4S/c1-3-16(12-7-5-4-6-8-12)14-10-9-13(22(2,20)21)11-15(14)17(18)19/h9-12H,3-8H2,1-2H3. The highest BCUT2D eigenvalue weighted by Gasteiger charge is 2.27. The third-order valence-electron chi connectivity index (χ3n) is 4.24. The van der Waals surface area contributed by atoms with Crippen LogP contribution in [0.25, 0.3) is 0 Å². The highest BCUT2D eigenvalue weighted by molar-refractivity contribution is 7.90. The topological polar surface area (TPSA) is 80.5 Å². The lowest BCUT2D eigenvalue weighted by Gasteiger charge is -2.35. The van der Waals surface area contributed by atoms with Crippen molar-refractivity contribution in [1.29, 1.82) is 0 Å². The maximum atomic E-state index is 11.6. The molecule has 0 amide bonds. The average Bonchev–Trinajstić information content (AvgIpc) is 2.48. The fourth-order valence-electron chi connectivity index (χ4n) is 3.14. The van der Waals surface area contributed by atoms with Gasteiger partial charge in [0.05, 0.1) is 9.82 Å². The quantitative estimate of drug-likeness (QED) is 0.613. The molecule has 0 heterocycles. The summed E-state index contributed by atoms with van der Waals surface area (Å²) in [5, 5.41) is 11.4. The Labute approximate surface area is 131 Å². The monoisotopic (exact) mass is 326 g/mol. The van der Waals surface area contributed by atoms with Crippen LogP contribution >= 0.6 is 0 Å². The van der Waals surface area contributed by atoms with E-state index in [4.69, 9.17) is 0 Å². The van der Waals surface area contributed by atoms with Gasteiger partial charge < -0.3 is 4.90 Å². The van der Waals surface area contributed by atoms with Gasteiger partial charge in [-0.1, -0.05) is 19.3 Å². The predicted octanol–water partition coefficient (Wildman–Crippen LogP) is 3.16. The van der Waals surface area contributed by atoms with Crippen molar-refractivity contribution in [3.8, 4) is 0 Å². The third kappa shape index (κ3) is 3.58. The van der Waals surface area contributed by atoms with Gasteiger partial charge in [-0.15, -0.1) is 0 Å². The van der Waals surface area contributed by atoms with Crippen molar-refractivity contribution in [1.82, 2.24) is 0 Å². The Morgan fingerprint density at radius 1 is 1.27 bits per heavy atom. The van der Waals surface area contributed by atoms with Crippen LogP contribution in [0, 0.1) is 10.1 Å². The molecule has 0 aromatic heterocycles. The first-order valence-electron chi connectivity index (χ1n) is 7.59. The molecule has 1 aliphatic carbocycles. The number of nitrogens with zero attached hydrogens (tertiary/aromatic N) is 2. The molecule has 1 aliphatic rings. The number of hydrogen-bond acceptors (Lipinski definition) is 5. The van der Waals surface area contributed by atoms with Crippen molar-refractivity contribution in [2.75, 3.05) is 17.7 Å².